The molecule has 0 atom stereocenters. The van der Waals surface area contributed by atoms with Crippen molar-refractivity contribution in [3.8, 4) is 68.3 Å². The van der Waals surface area contributed by atoms with Crippen LogP contribution in [0.3, 0.4) is 0 Å². The van der Waals surface area contributed by atoms with Crippen molar-refractivity contribution in [1.29, 1.82) is 0 Å². The van der Waals surface area contributed by atoms with Crippen LogP contribution in [0.1, 0.15) is 47.9 Å². The van der Waals surface area contributed by atoms with Gasteiger partial charge in [0.25, 0.3) is 0 Å². The van der Waals surface area contributed by atoms with Gasteiger partial charge in [0.1, 0.15) is 0 Å². The zero-order valence-corrected chi connectivity index (χ0v) is 49.7. The van der Waals surface area contributed by atoms with E-state index in [4.69, 9.17) is 0 Å². The van der Waals surface area contributed by atoms with Crippen molar-refractivity contribution < 1.29 is 39.3 Å². The topological polar surface area (TPSA) is 235 Å². The molecule has 12 aromatic heterocycles. The summed E-state index contributed by atoms with van der Waals surface area (Å²) in [5, 5.41) is 20.8. The van der Waals surface area contributed by atoms with E-state index in [0.29, 0.717) is 25.7 Å². The van der Waals surface area contributed by atoms with Crippen LogP contribution in [-0.4, -0.2) is 71.7 Å². The maximum Gasteiger partial charge on any atom is 2.00 e. The molecule has 12 aromatic rings. The number of hydrogen-bond donors (Lipinski definition) is 0. The summed E-state index contributed by atoms with van der Waals surface area (Å²) in [5.41, 5.74) is 15.0. The molecule has 0 aromatic carbocycles. The molecular formula is C70H62N12O4Ru. The summed E-state index contributed by atoms with van der Waals surface area (Å²) in [7, 11) is 0. The molecule has 0 bridgehead atoms. The molecule has 0 amide bonds. The maximum absolute atomic E-state index is 10.4. The number of aliphatic carboxylic acids is 2. The summed E-state index contributed by atoms with van der Waals surface area (Å²) in [6.45, 7) is 4.02. The smallest absolute Gasteiger partial charge is 0.550 e. The van der Waals surface area contributed by atoms with Gasteiger partial charge in [-0.1, -0.05) is 48.5 Å². The largest absolute Gasteiger partial charge is 2.00 e. The molecule has 16 nitrogen and oxygen atoms in total. The molecule has 0 spiro atoms. The second-order valence-corrected chi connectivity index (χ2v) is 18.7. The summed E-state index contributed by atoms with van der Waals surface area (Å²) < 4.78 is 0. The monoisotopic (exact) mass is 1240 g/mol. The van der Waals surface area contributed by atoms with E-state index in [1.54, 1.807) is 74.4 Å². The third-order valence-corrected chi connectivity index (χ3v) is 12.1. The molecule has 0 fully saturated rings. The van der Waals surface area contributed by atoms with Gasteiger partial charge in [-0.3, -0.25) is 59.8 Å². The minimum absolute atomic E-state index is 0. The number of rotatable bonds is 14. The van der Waals surface area contributed by atoms with Crippen molar-refractivity contribution >= 4 is 11.9 Å². The van der Waals surface area contributed by atoms with Crippen molar-refractivity contribution in [1.82, 2.24) is 59.8 Å². The number of carboxylic acid groups (broad SMARTS) is 2. The first-order valence-corrected chi connectivity index (χ1v) is 27.6. The fourth-order valence-corrected chi connectivity index (χ4v) is 7.88. The van der Waals surface area contributed by atoms with Crippen LogP contribution in [0, 0.1) is 13.8 Å². The first kappa shape index (κ1) is 65.5. The van der Waals surface area contributed by atoms with Gasteiger partial charge in [0.05, 0.1) is 68.3 Å². The normalized spacial score (nSPS) is 9.86. The fourth-order valence-electron chi connectivity index (χ4n) is 7.88. The third kappa shape index (κ3) is 24.2. The maximum atomic E-state index is 10.4. The van der Waals surface area contributed by atoms with Crippen molar-refractivity contribution in [3.63, 3.8) is 0 Å². The fraction of sp³-hybridized carbons (Fsp3) is 0.114. The Balaban J connectivity index is 0.000000168. The number of nitrogens with zero attached hydrogens (tertiary/aromatic N) is 12. The van der Waals surface area contributed by atoms with E-state index in [0.717, 1.165) is 90.6 Å². The Kier molecular flexibility index (Phi) is 28.3. The summed E-state index contributed by atoms with van der Waals surface area (Å²) in [6, 6.07) is 61.9. The predicted octanol–water partition coefficient (Wildman–Crippen LogP) is 11.6. The number of carbonyl (C=O) groups is 2. The summed E-state index contributed by atoms with van der Waals surface area (Å²) in [6.07, 6.45) is 23.8. The number of carbonyl (C=O) groups excluding carboxylic acids is 2. The Bertz CT molecular complexity index is 3300. The van der Waals surface area contributed by atoms with E-state index < -0.39 is 11.9 Å². The van der Waals surface area contributed by atoms with E-state index in [9.17, 15) is 19.8 Å². The summed E-state index contributed by atoms with van der Waals surface area (Å²) in [4.78, 5) is 71.4. The number of aromatic nitrogens is 12. The minimum atomic E-state index is -1.00. The predicted molar refractivity (Wildman–Crippen MR) is 330 cm³/mol. The Labute approximate surface area is 519 Å². The van der Waals surface area contributed by atoms with Gasteiger partial charge in [0.15, 0.2) is 0 Å². The molecule has 434 valence electrons. The number of hydrogen-bond acceptors (Lipinski definition) is 16. The van der Waals surface area contributed by atoms with Crippen LogP contribution in [0.15, 0.2) is 268 Å². The number of pyridine rings is 12. The van der Waals surface area contributed by atoms with Crippen LogP contribution in [0.5, 0.6) is 0 Å². The SMILES string of the molecule is Cc1ccnc(-c2cc(CCCC(=O)[O-])ccn2)c1.Cc1ccnc(-c2cc(CCCC(=O)[O-])ccn2)c1.[Ru+2].c1ccc(-c2ccccn2)nc1.c1ccc(-c2ccccn2)nc1.c1ccc(-c2ccccn2)nc1.c1ccc(-c2ccccn2)nc1. The quantitative estimate of drug-likeness (QED) is 0.0920. The first-order valence-electron chi connectivity index (χ1n) is 27.6. The van der Waals surface area contributed by atoms with Gasteiger partial charge < -0.3 is 19.8 Å². The van der Waals surface area contributed by atoms with Gasteiger partial charge in [-0.15, -0.1) is 0 Å². The van der Waals surface area contributed by atoms with Crippen LogP contribution in [-0.2, 0) is 41.9 Å². The van der Waals surface area contributed by atoms with E-state index in [1.165, 1.54) is 0 Å². The van der Waals surface area contributed by atoms with Crippen LogP contribution in [0.25, 0.3) is 68.3 Å². The average Bonchev–Trinajstić information content (AvgIpc) is 3.75. The van der Waals surface area contributed by atoms with Crippen LogP contribution in [0.2, 0.25) is 0 Å². The molecule has 12 heterocycles. The Morgan fingerprint density at radius 3 is 0.678 bits per heavy atom. The molecular weight excluding hydrogens is 1170 g/mol. The van der Waals surface area contributed by atoms with Gasteiger partial charge in [-0.2, -0.15) is 0 Å². The van der Waals surface area contributed by atoms with Crippen molar-refractivity contribution in [3.05, 3.63) is 291 Å². The number of aryl methyl sites for hydroxylation is 4. The molecule has 0 saturated carbocycles. The summed E-state index contributed by atoms with van der Waals surface area (Å²) >= 11 is 0. The van der Waals surface area contributed by atoms with E-state index >= 15 is 0 Å². The molecule has 0 unspecified atom stereocenters. The van der Waals surface area contributed by atoms with Gasteiger partial charge >= 0.3 is 19.5 Å². The van der Waals surface area contributed by atoms with Crippen molar-refractivity contribution in [2.45, 2.75) is 52.4 Å². The van der Waals surface area contributed by atoms with Gasteiger partial charge in [-0.25, -0.2) is 0 Å². The van der Waals surface area contributed by atoms with Gasteiger partial charge in [0, 0.05) is 86.3 Å². The Morgan fingerprint density at radius 1 is 0.276 bits per heavy atom. The summed E-state index contributed by atoms with van der Waals surface area (Å²) in [5.74, 6) is -2.01. The van der Waals surface area contributed by atoms with Crippen molar-refractivity contribution in [2.75, 3.05) is 0 Å². The molecule has 0 aliphatic carbocycles. The minimum Gasteiger partial charge on any atom is -0.550 e. The Morgan fingerprint density at radius 2 is 0.483 bits per heavy atom. The van der Waals surface area contributed by atoms with Crippen LogP contribution >= 0.6 is 0 Å². The van der Waals surface area contributed by atoms with Gasteiger partial charge in [-0.05, 0) is 220 Å². The molecule has 0 aliphatic rings. The molecule has 87 heavy (non-hydrogen) atoms. The second-order valence-electron chi connectivity index (χ2n) is 18.7. The first-order chi connectivity index (χ1) is 42.2. The molecule has 0 radical (unpaired) electrons. The third-order valence-electron chi connectivity index (χ3n) is 12.1. The van der Waals surface area contributed by atoms with Gasteiger partial charge in [0.2, 0.25) is 0 Å². The standard InChI is InChI=1S/2C15H16N2O2.4C10H8N2.Ru/c2*1-11-5-7-16-13(9-11)14-10-12(6-8-17-14)3-2-4-15(18)19;4*1-3-7-11-9(5-1)10-6-2-4-8-12-10;/h2*5-10H,2-4H2,1H3,(H,18,19);4*1-8H;/q;;;;;;+2/p-2. The zero-order chi connectivity index (χ0) is 60.2. The molecule has 0 aliphatic heterocycles. The van der Waals surface area contributed by atoms with E-state index in [-0.39, 0.29) is 32.3 Å². The molecule has 0 saturated heterocycles. The molecule has 0 N–H and O–H groups in total. The van der Waals surface area contributed by atoms with Crippen LogP contribution in [0.4, 0.5) is 0 Å². The van der Waals surface area contributed by atoms with Crippen LogP contribution < -0.4 is 10.2 Å². The zero-order valence-electron chi connectivity index (χ0n) is 48.0. The molecule has 12 rings (SSSR count). The van der Waals surface area contributed by atoms with Crippen molar-refractivity contribution in [2.24, 2.45) is 0 Å². The van der Waals surface area contributed by atoms with E-state index in [1.807, 2.05) is 208 Å². The second kappa shape index (κ2) is 37.5. The molecule has 17 heteroatoms. The number of carboxylic acids is 2. The Hall–Kier alpha value is -10.6. The average molecular weight is 1240 g/mol. The van der Waals surface area contributed by atoms with E-state index in [2.05, 4.69) is 59.8 Å².